The summed E-state index contributed by atoms with van der Waals surface area (Å²) in [6.45, 7) is 4.04. The number of hydrogen-bond acceptors (Lipinski definition) is 2. The Kier molecular flexibility index (Phi) is 13.2. The van der Waals surface area contributed by atoms with Gasteiger partial charge in [-0.15, -0.1) is 0 Å². The number of ether oxygens (including phenoxy) is 1. The molecule has 104 valence electrons. The van der Waals surface area contributed by atoms with Crippen LogP contribution in [0.15, 0.2) is 24.5 Å². The molecule has 0 N–H and O–H groups in total. The monoisotopic (exact) mass is 252 g/mol. The van der Waals surface area contributed by atoms with Crippen molar-refractivity contribution >= 4 is 5.97 Å². The highest BCUT2D eigenvalue weighted by molar-refractivity contribution is 5.82. The summed E-state index contributed by atoms with van der Waals surface area (Å²) in [7, 11) is 0. The molecule has 0 amide bonds. The summed E-state index contributed by atoms with van der Waals surface area (Å²) in [6.07, 6.45) is 18.1. The van der Waals surface area contributed by atoms with E-state index in [1.165, 1.54) is 63.7 Å². The van der Waals surface area contributed by atoms with Crippen molar-refractivity contribution in [2.75, 3.05) is 0 Å². The molecule has 0 spiro atoms. The van der Waals surface area contributed by atoms with Gasteiger partial charge < -0.3 is 4.74 Å². The Morgan fingerprint density at radius 2 is 1.61 bits per heavy atom. The van der Waals surface area contributed by atoms with Gasteiger partial charge in [-0.2, -0.15) is 0 Å². The molecule has 0 radical (unpaired) electrons. The topological polar surface area (TPSA) is 26.3 Å². The van der Waals surface area contributed by atoms with E-state index in [1.54, 1.807) is 13.0 Å². The second-order valence-corrected chi connectivity index (χ2v) is 4.57. The maximum Gasteiger partial charge on any atom is 0.335 e. The Balaban J connectivity index is 3.20. The van der Waals surface area contributed by atoms with E-state index >= 15 is 0 Å². The van der Waals surface area contributed by atoms with Gasteiger partial charge in [-0.25, -0.2) is 4.79 Å². The molecule has 0 unspecified atom stereocenters. The summed E-state index contributed by atoms with van der Waals surface area (Å²) in [5, 5.41) is 0. The Morgan fingerprint density at radius 3 is 2.22 bits per heavy atom. The zero-order valence-electron chi connectivity index (χ0n) is 12.0. The Bertz CT molecular complexity index is 241. The fourth-order valence-corrected chi connectivity index (χ4v) is 1.75. The highest BCUT2D eigenvalue weighted by Gasteiger charge is 1.91. The van der Waals surface area contributed by atoms with Crippen molar-refractivity contribution < 1.29 is 9.53 Å². The van der Waals surface area contributed by atoms with Gasteiger partial charge in [0.1, 0.15) is 0 Å². The lowest BCUT2D eigenvalue weighted by atomic mass is 10.1. The number of rotatable bonds is 11. The fraction of sp³-hybridized carbons (Fsp3) is 0.688. The SMILES string of the molecule is C/C=C/C(=O)OC=CCCCCCCCCCC. The second kappa shape index (κ2) is 14.0. The zero-order valence-corrected chi connectivity index (χ0v) is 12.0. The summed E-state index contributed by atoms with van der Waals surface area (Å²) in [5.74, 6) is -0.301. The number of unbranched alkanes of at least 4 members (excludes halogenated alkanes) is 8. The molecule has 0 saturated carbocycles. The smallest absolute Gasteiger partial charge is 0.335 e. The van der Waals surface area contributed by atoms with Crippen molar-refractivity contribution in [3.05, 3.63) is 24.5 Å². The molecule has 18 heavy (non-hydrogen) atoms. The minimum atomic E-state index is -0.301. The fourth-order valence-electron chi connectivity index (χ4n) is 1.75. The van der Waals surface area contributed by atoms with Gasteiger partial charge in [0.15, 0.2) is 0 Å². The summed E-state index contributed by atoms with van der Waals surface area (Å²) in [5.41, 5.74) is 0. The molecular formula is C16H28O2. The van der Waals surface area contributed by atoms with Crippen LogP contribution in [0, 0.1) is 0 Å². The second-order valence-electron chi connectivity index (χ2n) is 4.57. The zero-order chi connectivity index (χ0) is 13.5. The van der Waals surface area contributed by atoms with Crippen LogP contribution in [0.5, 0.6) is 0 Å². The van der Waals surface area contributed by atoms with E-state index in [0.717, 1.165) is 6.42 Å². The van der Waals surface area contributed by atoms with E-state index in [2.05, 4.69) is 6.92 Å². The molecular weight excluding hydrogens is 224 g/mol. The third kappa shape index (κ3) is 13.0. The molecule has 0 aliphatic carbocycles. The van der Waals surface area contributed by atoms with E-state index in [1.807, 2.05) is 6.08 Å². The highest BCUT2D eigenvalue weighted by atomic mass is 16.5. The standard InChI is InChI=1S/C16H28O2/c1-3-5-6-7-8-9-10-11-12-13-15-18-16(17)14-4-2/h4,13-15H,3,5-12H2,1-2H3/b14-4+,15-13?. The molecule has 2 nitrogen and oxygen atoms in total. The van der Waals surface area contributed by atoms with Crippen molar-refractivity contribution in [3.63, 3.8) is 0 Å². The summed E-state index contributed by atoms with van der Waals surface area (Å²) < 4.78 is 4.85. The molecule has 2 heteroatoms. The van der Waals surface area contributed by atoms with Crippen LogP contribution in [0.25, 0.3) is 0 Å². The molecule has 0 saturated heterocycles. The summed E-state index contributed by atoms with van der Waals surface area (Å²) in [4.78, 5) is 10.9. The van der Waals surface area contributed by atoms with E-state index in [9.17, 15) is 4.79 Å². The van der Waals surface area contributed by atoms with Gasteiger partial charge in [0.2, 0.25) is 0 Å². The number of carbonyl (C=O) groups excluding carboxylic acids is 1. The Morgan fingerprint density at radius 1 is 1.00 bits per heavy atom. The van der Waals surface area contributed by atoms with Gasteiger partial charge in [-0.05, 0) is 25.8 Å². The van der Waals surface area contributed by atoms with E-state index in [0.29, 0.717) is 0 Å². The van der Waals surface area contributed by atoms with Crippen LogP contribution in [0.3, 0.4) is 0 Å². The van der Waals surface area contributed by atoms with Crippen LogP contribution in [0.2, 0.25) is 0 Å². The van der Waals surface area contributed by atoms with Gasteiger partial charge in [0.05, 0.1) is 6.26 Å². The average Bonchev–Trinajstić information content (AvgIpc) is 2.36. The summed E-state index contributed by atoms with van der Waals surface area (Å²) >= 11 is 0. The number of carbonyl (C=O) groups is 1. The lowest BCUT2D eigenvalue weighted by molar-refractivity contribution is -0.132. The van der Waals surface area contributed by atoms with Crippen molar-refractivity contribution in [2.45, 2.75) is 71.6 Å². The quantitative estimate of drug-likeness (QED) is 0.220. The molecule has 0 aromatic rings. The van der Waals surface area contributed by atoms with Crippen molar-refractivity contribution in [3.8, 4) is 0 Å². The first-order valence-corrected chi connectivity index (χ1v) is 7.29. The minimum Gasteiger partial charge on any atom is -0.432 e. The lowest BCUT2D eigenvalue weighted by Gasteiger charge is -1.99. The van der Waals surface area contributed by atoms with Gasteiger partial charge in [0, 0.05) is 6.08 Å². The van der Waals surface area contributed by atoms with E-state index in [4.69, 9.17) is 4.74 Å². The van der Waals surface area contributed by atoms with Gasteiger partial charge in [0.25, 0.3) is 0 Å². The normalized spacial score (nSPS) is 11.4. The molecule has 0 aromatic heterocycles. The van der Waals surface area contributed by atoms with Crippen molar-refractivity contribution in [1.82, 2.24) is 0 Å². The average molecular weight is 252 g/mol. The lowest BCUT2D eigenvalue weighted by Crippen LogP contribution is -1.92. The van der Waals surface area contributed by atoms with Crippen LogP contribution >= 0.6 is 0 Å². The van der Waals surface area contributed by atoms with Gasteiger partial charge >= 0.3 is 5.97 Å². The highest BCUT2D eigenvalue weighted by Crippen LogP contribution is 2.09. The first-order chi connectivity index (χ1) is 8.81. The van der Waals surface area contributed by atoms with Crippen LogP contribution in [0.4, 0.5) is 0 Å². The predicted molar refractivity (Wildman–Crippen MR) is 77.3 cm³/mol. The first kappa shape index (κ1) is 16.9. The first-order valence-electron chi connectivity index (χ1n) is 7.29. The Labute approximate surface area is 112 Å². The third-order valence-electron chi connectivity index (χ3n) is 2.81. The largest absolute Gasteiger partial charge is 0.432 e. The Hall–Kier alpha value is -1.05. The molecule has 0 aliphatic rings. The van der Waals surface area contributed by atoms with Crippen LogP contribution in [0.1, 0.15) is 71.6 Å². The van der Waals surface area contributed by atoms with Crippen LogP contribution in [-0.2, 0) is 9.53 Å². The molecule has 0 rings (SSSR count). The van der Waals surface area contributed by atoms with Crippen LogP contribution < -0.4 is 0 Å². The van der Waals surface area contributed by atoms with Crippen molar-refractivity contribution in [2.24, 2.45) is 0 Å². The maximum atomic E-state index is 10.9. The molecule has 0 fully saturated rings. The molecule has 0 aliphatic heterocycles. The maximum absolute atomic E-state index is 10.9. The number of allylic oxidation sites excluding steroid dienone is 2. The molecule has 0 aromatic carbocycles. The number of esters is 1. The molecule has 0 atom stereocenters. The van der Waals surface area contributed by atoms with E-state index < -0.39 is 0 Å². The van der Waals surface area contributed by atoms with E-state index in [-0.39, 0.29) is 5.97 Å². The van der Waals surface area contributed by atoms with Crippen molar-refractivity contribution in [1.29, 1.82) is 0 Å². The minimum absolute atomic E-state index is 0.301. The molecule has 0 heterocycles. The third-order valence-corrected chi connectivity index (χ3v) is 2.81. The van der Waals surface area contributed by atoms with Crippen LogP contribution in [-0.4, -0.2) is 5.97 Å². The van der Waals surface area contributed by atoms with Gasteiger partial charge in [-0.3, -0.25) is 0 Å². The molecule has 0 bridgehead atoms. The van der Waals surface area contributed by atoms with Gasteiger partial charge in [-0.1, -0.05) is 57.9 Å². The summed E-state index contributed by atoms with van der Waals surface area (Å²) in [6, 6.07) is 0. The number of hydrogen-bond donors (Lipinski definition) is 0. The predicted octanol–water partition coefficient (Wildman–Crippen LogP) is 5.15.